The summed E-state index contributed by atoms with van der Waals surface area (Å²) in [5.74, 6) is 0.614. The minimum absolute atomic E-state index is 0. The van der Waals surface area contributed by atoms with Crippen LogP contribution in [0.3, 0.4) is 0 Å². The topological polar surface area (TPSA) is 75.4 Å². The summed E-state index contributed by atoms with van der Waals surface area (Å²) < 4.78 is 0. The van der Waals surface area contributed by atoms with Crippen LogP contribution < -0.4 is 11.1 Å². The van der Waals surface area contributed by atoms with E-state index < -0.39 is 0 Å². The highest BCUT2D eigenvalue weighted by Gasteiger charge is 2.27. The van der Waals surface area contributed by atoms with Crippen molar-refractivity contribution < 1.29 is 9.59 Å². The van der Waals surface area contributed by atoms with Gasteiger partial charge in [0, 0.05) is 32.0 Å². The molecule has 1 aromatic carbocycles. The Bertz CT molecular complexity index is 531. The smallest absolute Gasteiger partial charge is 0.223 e. The van der Waals surface area contributed by atoms with Crippen LogP contribution in [0.1, 0.15) is 31.7 Å². The van der Waals surface area contributed by atoms with Gasteiger partial charge in [0.2, 0.25) is 11.8 Å². The summed E-state index contributed by atoms with van der Waals surface area (Å²) in [5.41, 5.74) is 6.75. The van der Waals surface area contributed by atoms with E-state index in [1.165, 1.54) is 5.56 Å². The molecular formula is C19H30ClN3O2. The molecule has 1 aliphatic heterocycles. The average molecular weight is 368 g/mol. The van der Waals surface area contributed by atoms with E-state index in [4.69, 9.17) is 5.73 Å². The molecule has 2 rings (SSSR count). The van der Waals surface area contributed by atoms with Crippen LogP contribution >= 0.6 is 12.4 Å². The molecule has 6 heteroatoms. The van der Waals surface area contributed by atoms with E-state index in [0.29, 0.717) is 38.5 Å². The fourth-order valence-corrected chi connectivity index (χ4v) is 2.95. The average Bonchev–Trinajstić information content (AvgIpc) is 2.64. The van der Waals surface area contributed by atoms with Gasteiger partial charge in [0.15, 0.2) is 0 Å². The number of hydrogen-bond donors (Lipinski definition) is 2. The first-order valence-corrected chi connectivity index (χ1v) is 8.89. The summed E-state index contributed by atoms with van der Waals surface area (Å²) in [4.78, 5) is 26.4. The number of carbonyl (C=O) groups excluding carboxylic acids is 2. The number of piperidine rings is 1. The highest BCUT2D eigenvalue weighted by molar-refractivity contribution is 5.85. The van der Waals surface area contributed by atoms with Crippen molar-refractivity contribution in [2.45, 2.75) is 32.6 Å². The Morgan fingerprint density at radius 2 is 1.88 bits per heavy atom. The van der Waals surface area contributed by atoms with Crippen LogP contribution in [-0.4, -0.2) is 42.9 Å². The normalized spacial score (nSPS) is 16.0. The van der Waals surface area contributed by atoms with Crippen molar-refractivity contribution in [2.24, 2.45) is 17.6 Å². The van der Waals surface area contributed by atoms with Gasteiger partial charge in [0.05, 0.1) is 0 Å². The minimum Gasteiger partial charge on any atom is -0.356 e. The molecule has 2 amide bonds. The van der Waals surface area contributed by atoms with Crippen LogP contribution in [0, 0.1) is 11.8 Å². The van der Waals surface area contributed by atoms with Gasteiger partial charge in [-0.1, -0.05) is 37.3 Å². The monoisotopic (exact) mass is 367 g/mol. The Labute approximate surface area is 156 Å². The van der Waals surface area contributed by atoms with Crippen LogP contribution in [0.15, 0.2) is 30.3 Å². The predicted octanol–water partition coefficient (Wildman–Crippen LogP) is 1.99. The first-order valence-electron chi connectivity index (χ1n) is 8.89. The van der Waals surface area contributed by atoms with Crippen LogP contribution in [0.5, 0.6) is 0 Å². The molecule has 5 nitrogen and oxygen atoms in total. The van der Waals surface area contributed by atoms with E-state index in [-0.39, 0.29) is 30.1 Å². The lowest BCUT2D eigenvalue weighted by Gasteiger charge is -2.31. The third kappa shape index (κ3) is 7.04. The van der Waals surface area contributed by atoms with E-state index in [0.717, 1.165) is 19.3 Å². The molecule has 140 valence electrons. The first-order chi connectivity index (χ1) is 11.6. The minimum atomic E-state index is 0. The molecular weight excluding hydrogens is 338 g/mol. The van der Waals surface area contributed by atoms with Crippen LogP contribution in [0.4, 0.5) is 0 Å². The van der Waals surface area contributed by atoms with Gasteiger partial charge in [0.1, 0.15) is 0 Å². The lowest BCUT2D eigenvalue weighted by molar-refractivity contribution is -0.135. The second-order valence-electron chi connectivity index (χ2n) is 6.73. The summed E-state index contributed by atoms with van der Waals surface area (Å²) in [7, 11) is 0. The Morgan fingerprint density at radius 3 is 2.48 bits per heavy atom. The summed E-state index contributed by atoms with van der Waals surface area (Å²) in [5, 5.41) is 2.97. The SMILES string of the molecule is CC(CN)CNC(=O)C1CCN(C(=O)CCc2ccccc2)CC1.Cl. The Morgan fingerprint density at radius 1 is 1.24 bits per heavy atom. The van der Waals surface area contributed by atoms with Gasteiger partial charge < -0.3 is 16.0 Å². The standard InChI is InChI=1S/C19H29N3O2.ClH/c1-15(13-20)14-21-19(24)17-9-11-22(12-10-17)18(23)8-7-16-5-3-2-4-6-16;/h2-6,15,17H,7-14,20H2,1H3,(H,21,24);1H. The van der Waals surface area contributed by atoms with Crippen molar-refractivity contribution in [2.75, 3.05) is 26.2 Å². The van der Waals surface area contributed by atoms with E-state index in [1.807, 2.05) is 42.2 Å². The lowest BCUT2D eigenvalue weighted by Crippen LogP contribution is -2.44. The van der Waals surface area contributed by atoms with Gasteiger partial charge in [-0.3, -0.25) is 9.59 Å². The third-order valence-corrected chi connectivity index (χ3v) is 4.72. The highest BCUT2D eigenvalue weighted by atomic mass is 35.5. The zero-order chi connectivity index (χ0) is 17.4. The number of amides is 2. The molecule has 1 aromatic rings. The molecule has 1 aliphatic rings. The maximum Gasteiger partial charge on any atom is 0.223 e. The number of aryl methyl sites for hydroxylation is 1. The zero-order valence-electron chi connectivity index (χ0n) is 14.9. The third-order valence-electron chi connectivity index (χ3n) is 4.72. The molecule has 25 heavy (non-hydrogen) atoms. The molecule has 0 aliphatic carbocycles. The second-order valence-corrected chi connectivity index (χ2v) is 6.73. The van der Waals surface area contributed by atoms with Gasteiger partial charge in [-0.05, 0) is 37.3 Å². The van der Waals surface area contributed by atoms with E-state index in [9.17, 15) is 9.59 Å². The van der Waals surface area contributed by atoms with Crippen LogP contribution in [0.25, 0.3) is 0 Å². The molecule has 0 radical (unpaired) electrons. The van der Waals surface area contributed by atoms with Crippen molar-refractivity contribution >= 4 is 24.2 Å². The number of nitrogens with zero attached hydrogens (tertiary/aromatic N) is 1. The van der Waals surface area contributed by atoms with Crippen molar-refractivity contribution in [3.63, 3.8) is 0 Å². The number of rotatable bonds is 7. The van der Waals surface area contributed by atoms with Gasteiger partial charge in [0.25, 0.3) is 0 Å². The number of benzene rings is 1. The number of halogens is 1. The molecule has 1 saturated heterocycles. The maximum atomic E-state index is 12.3. The van der Waals surface area contributed by atoms with Crippen LogP contribution in [-0.2, 0) is 16.0 Å². The van der Waals surface area contributed by atoms with Crippen LogP contribution in [0.2, 0.25) is 0 Å². The molecule has 1 fully saturated rings. The second kappa shape index (κ2) is 11.1. The molecule has 0 saturated carbocycles. The molecule has 0 aromatic heterocycles. The van der Waals surface area contributed by atoms with Gasteiger partial charge >= 0.3 is 0 Å². The maximum absolute atomic E-state index is 12.3. The molecule has 1 heterocycles. The van der Waals surface area contributed by atoms with Crippen molar-refractivity contribution in [1.29, 1.82) is 0 Å². The lowest BCUT2D eigenvalue weighted by atomic mass is 9.95. The fourth-order valence-electron chi connectivity index (χ4n) is 2.95. The number of likely N-dealkylation sites (tertiary alicyclic amines) is 1. The summed E-state index contributed by atoms with van der Waals surface area (Å²) >= 11 is 0. The molecule has 3 N–H and O–H groups in total. The Hall–Kier alpha value is -1.59. The first kappa shape index (κ1) is 21.5. The van der Waals surface area contributed by atoms with E-state index >= 15 is 0 Å². The molecule has 1 atom stereocenters. The highest BCUT2D eigenvalue weighted by Crippen LogP contribution is 2.18. The Balaban J connectivity index is 0.00000312. The fraction of sp³-hybridized carbons (Fsp3) is 0.579. The summed E-state index contributed by atoms with van der Waals surface area (Å²) in [6.45, 7) is 4.59. The number of hydrogen-bond acceptors (Lipinski definition) is 3. The van der Waals surface area contributed by atoms with Gasteiger partial charge in [-0.15, -0.1) is 12.4 Å². The largest absolute Gasteiger partial charge is 0.356 e. The van der Waals surface area contributed by atoms with Gasteiger partial charge in [-0.25, -0.2) is 0 Å². The quantitative estimate of drug-likeness (QED) is 0.773. The number of carbonyl (C=O) groups is 2. The zero-order valence-corrected chi connectivity index (χ0v) is 15.8. The number of nitrogens with one attached hydrogen (secondary N) is 1. The van der Waals surface area contributed by atoms with Crippen molar-refractivity contribution in [1.82, 2.24) is 10.2 Å². The summed E-state index contributed by atoms with van der Waals surface area (Å²) in [6, 6.07) is 10.1. The molecule has 1 unspecified atom stereocenters. The van der Waals surface area contributed by atoms with Crippen molar-refractivity contribution in [3.05, 3.63) is 35.9 Å². The summed E-state index contributed by atoms with van der Waals surface area (Å²) in [6.07, 6.45) is 2.81. The van der Waals surface area contributed by atoms with Crippen molar-refractivity contribution in [3.8, 4) is 0 Å². The Kier molecular flexibility index (Phi) is 9.53. The number of nitrogens with two attached hydrogens (primary N) is 1. The molecule has 0 spiro atoms. The van der Waals surface area contributed by atoms with E-state index in [1.54, 1.807) is 0 Å². The predicted molar refractivity (Wildman–Crippen MR) is 103 cm³/mol. The van der Waals surface area contributed by atoms with Gasteiger partial charge in [-0.2, -0.15) is 0 Å². The van der Waals surface area contributed by atoms with E-state index in [2.05, 4.69) is 5.32 Å². The molecule has 0 bridgehead atoms.